The highest BCUT2D eigenvalue weighted by Crippen LogP contribution is 2.27. The van der Waals surface area contributed by atoms with Gasteiger partial charge in [-0.25, -0.2) is 4.39 Å². The molecule has 0 aromatic heterocycles. The van der Waals surface area contributed by atoms with Crippen LogP contribution < -0.4 is 0 Å². The fraction of sp³-hybridized carbons (Fsp3) is 0. The molecule has 0 saturated carbocycles. The lowest BCUT2D eigenvalue weighted by Crippen LogP contribution is -1.88. The zero-order valence-electron chi connectivity index (χ0n) is 10.1. The van der Waals surface area contributed by atoms with Gasteiger partial charge in [0.15, 0.2) is 0 Å². The summed E-state index contributed by atoms with van der Waals surface area (Å²) in [6.45, 7) is 0. The van der Waals surface area contributed by atoms with Crippen molar-refractivity contribution >= 4 is 17.1 Å². The van der Waals surface area contributed by atoms with E-state index >= 15 is 0 Å². The van der Waals surface area contributed by atoms with E-state index in [1.165, 1.54) is 12.1 Å². The van der Waals surface area contributed by atoms with Gasteiger partial charge in [-0.15, -0.1) is 0 Å². The second-order valence-corrected chi connectivity index (χ2v) is 4.42. The summed E-state index contributed by atoms with van der Waals surface area (Å²) < 4.78 is 13.9. The van der Waals surface area contributed by atoms with Crippen LogP contribution in [0.1, 0.15) is 10.4 Å². The quantitative estimate of drug-likeness (QED) is 0.614. The van der Waals surface area contributed by atoms with Crippen molar-refractivity contribution in [3.63, 3.8) is 0 Å². The molecule has 1 nitrogen and oxygen atoms in total. The SMILES string of the molecule is O=Cc1ccc(F)c(-c2ccc3ccccc3c2)c1. The Morgan fingerprint density at radius 1 is 0.842 bits per heavy atom. The van der Waals surface area contributed by atoms with Crippen LogP contribution in [0.5, 0.6) is 0 Å². The Labute approximate surface area is 110 Å². The van der Waals surface area contributed by atoms with Gasteiger partial charge in [0, 0.05) is 11.1 Å². The lowest BCUT2D eigenvalue weighted by atomic mass is 9.99. The zero-order chi connectivity index (χ0) is 13.2. The smallest absolute Gasteiger partial charge is 0.150 e. The maximum Gasteiger partial charge on any atom is 0.150 e. The second-order valence-electron chi connectivity index (χ2n) is 4.42. The van der Waals surface area contributed by atoms with Gasteiger partial charge in [0.05, 0.1) is 0 Å². The molecule has 0 heterocycles. The summed E-state index contributed by atoms with van der Waals surface area (Å²) >= 11 is 0. The molecule has 3 rings (SSSR count). The van der Waals surface area contributed by atoms with Crippen molar-refractivity contribution in [2.24, 2.45) is 0 Å². The van der Waals surface area contributed by atoms with E-state index in [-0.39, 0.29) is 5.82 Å². The molecule has 0 saturated heterocycles. The molecule has 0 aliphatic carbocycles. The average Bonchev–Trinajstić information content (AvgIpc) is 2.47. The maximum absolute atomic E-state index is 13.9. The number of carbonyl (C=O) groups excluding carboxylic acids is 1. The molecule has 0 fully saturated rings. The van der Waals surface area contributed by atoms with Crippen LogP contribution in [-0.4, -0.2) is 6.29 Å². The lowest BCUT2D eigenvalue weighted by Gasteiger charge is -2.06. The Kier molecular flexibility index (Phi) is 2.84. The van der Waals surface area contributed by atoms with Gasteiger partial charge in [-0.2, -0.15) is 0 Å². The molecule has 0 spiro atoms. The molecule has 0 radical (unpaired) electrons. The molecule has 0 unspecified atom stereocenters. The number of benzene rings is 3. The highest BCUT2D eigenvalue weighted by Gasteiger charge is 2.06. The molecular formula is C17H11FO. The maximum atomic E-state index is 13.9. The van der Waals surface area contributed by atoms with Gasteiger partial charge in [-0.1, -0.05) is 36.4 Å². The van der Waals surface area contributed by atoms with Gasteiger partial charge in [-0.3, -0.25) is 4.79 Å². The summed E-state index contributed by atoms with van der Waals surface area (Å²) in [6.07, 6.45) is 0.726. The number of fused-ring (bicyclic) bond motifs is 1. The van der Waals surface area contributed by atoms with Gasteiger partial charge in [0.2, 0.25) is 0 Å². The van der Waals surface area contributed by atoms with E-state index in [1.54, 1.807) is 6.07 Å². The van der Waals surface area contributed by atoms with Crippen LogP contribution in [0, 0.1) is 5.82 Å². The van der Waals surface area contributed by atoms with Gasteiger partial charge in [0.25, 0.3) is 0 Å². The summed E-state index contributed by atoms with van der Waals surface area (Å²) in [7, 11) is 0. The predicted molar refractivity (Wildman–Crippen MR) is 74.7 cm³/mol. The fourth-order valence-electron chi connectivity index (χ4n) is 2.19. The highest BCUT2D eigenvalue weighted by atomic mass is 19.1. The standard InChI is InChI=1S/C17H11FO/c18-17-8-5-12(11-19)9-16(17)15-7-6-13-3-1-2-4-14(13)10-15/h1-11H. The lowest BCUT2D eigenvalue weighted by molar-refractivity contribution is 0.112. The Bertz CT molecular complexity index is 762. The van der Waals surface area contributed by atoms with Crippen molar-refractivity contribution in [2.45, 2.75) is 0 Å². The van der Waals surface area contributed by atoms with Crippen LogP contribution in [-0.2, 0) is 0 Å². The first-order chi connectivity index (χ1) is 9.28. The van der Waals surface area contributed by atoms with E-state index in [1.807, 2.05) is 42.5 Å². The molecule has 2 heteroatoms. The first-order valence-electron chi connectivity index (χ1n) is 6.02. The largest absolute Gasteiger partial charge is 0.298 e. The molecule has 19 heavy (non-hydrogen) atoms. The molecule has 0 bridgehead atoms. The fourth-order valence-corrected chi connectivity index (χ4v) is 2.19. The minimum Gasteiger partial charge on any atom is -0.298 e. The van der Waals surface area contributed by atoms with E-state index in [0.717, 1.165) is 22.6 Å². The average molecular weight is 250 g/mol. The van der Waals surface area contributed by atoms with Crippen molar-refractivity contribution in [3.05, 3.63) is 72.0 Å². The summed E-state index contributed by atoms with van der Waals surface area (Å²) in [5.41, 5.74) is 1.71. The van der Waals surface area contributed by atoms with E-state index in [4.69, 9.17) is 0 Å². The number of rotatable bonds is 2. The van der Waals surface area contributed by atoms with Crippen LogP contribution in [0.2, 0.25) is 0 Å². The first kappa shape index (κ1) is 11.6. The van der Waals surface area contributed by atoms with Gasteiger partial charge in [0.1, 0.15) is 12.1 Å². The minimum absolute atomic E-state index is 0.319. The van der Waals surface area contributed by atoms with Crippen LogP contribution >= 0.6 is 0 Å². The molecule has 3 aromatic carbocycles. The minimum atomic E-state index is -0.319. The van der Waals surface area contributed by atoms with Crippen molar-refractivity contribution in [2.75, 3.05) is 0 Å². The van der Waals surface area contributed by atoms with Gasteiger partial charge >= 0.3 is 0 Å². The van der Waals surface area contributed by atoms with Crippen LogP contribution in [0.4, 0.5) is 4.39 Å². The molecule has 0 aliphatic heterocycles. The van der Waals surface area contributed by atoms with Gasteiger partial charge in [-0.05, 0) is 40.6 Å². The van der Waals surface area contributed by atoms with Crippen LogP contribution in [0.25, 0.3) is 21.9 Å². The van der Waals surface area contributed by atoms with Crippen molar-refractivity contribution < 1.29 is 9.18 Å². The predicted octanol–water partition coefficient (Wildman–Crippen LogP) is 4.46. The third-order valence-corrected chi connectivity index (χ3v) is 3.19. The van der Waals surface area contributed by atoms with E-state index in [9.17, 15) is 9.18 Å². The molecule has 0 amide bonds. The number of hydrogen-bond acceptors (Lipinski definition) is 1. The molecular weight excluding hydrogens is 239 g/mol. The Morgan fingerprint density at radius 3 is 2.42 bits per heavy atom. The topological polar surface area (TPSA) is 17.1 Å². The normalized spacial score (nSPS) is 10.6. The van der Waals surface area contributed by atoms with Gasteiger partial charge < -0.3 is 0 Å². The Hall–Kier alpha value is -2.48. The number of halogens is 1. The number of aldehydes is 1. The number of hydrogen-bond donors (Lipinski definition) is 0. The van der Waals surface area contributed by atoms with E-state index in [2.05, 4.69) is 0 Å². The summed E-state index contributed by atoms with van der Waals surface area (Å²) in [4.78, 5) is 10.8. The van der Waals surface area contributed by atoms with Crippen molar-refractivity contribution in [1.29, 1.82) is 0 Å². The summed E-state index contributed by atoms with van der Waals surface area (Å²) in [5.74, 6) is -0.319. The first-order valence-corrected chi connectivity index (χ1v) is 6.02. The Morgan fingerprint density at radius 2 is 1.63 bits per heavy atom. The molecule has 92 valence electrons. The monoisotopic (exact) mass is 250 g/mol. The molecule has 0 N–H and O–H groups in total. The van der Waals surface area contributed by atoms with Crippen LogP contribution in [0.15, 0.2) is 60.7 Å². The summed E-state index contributed by atoms with van der Waals surface area (Å²) in [5, 5.41) is 2.16. The molecule has 0 aliphatic rings. The third-order valence-electron chi connectivity index (χ3n) is 3.19. The Balaban J connectivity index is 2.21. The second kappa shape index (κ2) is 4.65. The number of carbonyl (C=O) groups is 1. The zero-order valence-corrected chi connectivity index (χ0v) is 10.1. The van der Waals surface area contributed by atoms with Crippen molar-refractivity contribution in [1.82, 2.24) is 0 Å². The van der Waals surface area contributed by atoms with E-state index < -0.39 is 0 Å². The highest BCUT2D eigenvalue weighted by molar-refractivity contribution is 5.88. The van der Waals surface area contributed by atoms with Crippen LogP contribution in [0.3, 0.4) is 0 Å². The van der Waals surface area contributed by atoms with E-state index in [0.29, 0.717) is 11.1 Å². The molecule has 0 atom stereocenters. The summed E-state index contributed by atoms with van der Waals surface area (Å²) in [6, 6.07) is 18.1. The third kappa shape index (κ3) is 2.13. The van der Waals surface area contributed by atoms with Crippen molar-refractivity contribution in [3.8, 4) is 11.1 Å². The molecule has 3 aromatic rings.